The van der Waals surface area contributed by atoms with Gasteiger partial charge < -0.3 is 19.1 Å². The molecule has 0 spiro atoms. The molecule has 1 aliphatic rings. The second-order valence-electron chi connectivity index (χ2n) is 9.13. The SMILES string of the molecule is CC(C)C(=O)[C@H](C)OC(=O)[C@H](C)NP(=O)(OC[C@H]1O[C@@H](n2ccc(=O)[nH]c2=O)C[C@@H]1O)Oc1ccccc1. The summed E-state index contributed by atoms with van der Waals surface area (Å²) in [6, 6.07) is 8.02. The van der Waals surface area contributed by atoms with Crippen LogP contribution in [0, 0.1) is 5.92 Å². The van der Waals surface area contributed by atoms with Crippen LogP contribution in [0.5, 0.6) is 5.75 Å². The van der Waals surface area contributed by atoms with Gasteiger partial charge in [-0.05, 0) is 26.0 Å². The van der Waals surface area contributed by atoms with Gasteiger partial charge in [0.1, 0.15) is 24.1 Å². The van der Waals surface area contributed by atoms with Gasteiger partial charge in [0.2, 0.25) is 0 Å². The predicted octanol–water partition coefficient (Wildman–Crippen LogP) is 1.52. The molecule has 1 fully saturated rings. The average Bonchev–Trinajstić information content (AvgIpc) is 3.22. The fraction of sp³-hybridized carbons (Fsp3) is 0.500. The summed E-state index contributed by atoms with van der Waals surface area (Å²) in [5.41, 5.74) is -1.29. The second-order valence-corrected chi connectivity index (χ2v) is 10.8. The molecule has 0 bridgehead atoms. The lowest BCUT2D eigenvalue weighted by Crippen LogP contribution is -2.39. The van der Waals surface area contributed by atoms with Gasteiger partial charge in [-0.15, -0.1) is 0 Å². The molecule has 6 atom stereocenters. The first-order valence-corrected chi connectivity index (χ1v) is 13.6. The van der Waals surface area contributed by atoms with E-state index in [2.05, 4.69) is 10.1 Å². The maximum atomic E-state index is 13.7. The van der Waals surface area contributed by atoms with Crippen LogP contribution in [-0.4, -0.2) is 57.4 Å². The zero-order chi connectivity index (χ0) is 28.0. The van der Waals surface area contributed by atoms with Gasteiger partial charge in [-0.1, -0.05) is 32.0 Å². The molecule has 0 aliphatic carbocycles. The van der Waals surface area contributed by atoms with Gasteiger partial charge in [-0.2, -0.15) is 5.09 Å². The first-order chi connectivity index (χ1) is 17.9. The minimum atomic E-state index is -4.27. The van der Waals surface area contributed by atoms with E-state index in [-0.39, 0.29) is 23.9 Å². The van der Waals surface area contributed by atoms with E-state index in [1.165, 1.54) is 32.2 Å². The van der Waals surface area contributed by atoms with E-state index in [1.807, 2.05) is 0 Å². The summed E-state index contributed by atoms with van der Waals surface area (Å²) in [7, 11) is -4.27. The molecular formula is C24H32N3O10P. The Kier molecular flexibility index (Phi) is 9.80. The van der Waals surface area contributed by atoms with Gasteiger partial charge in [0.25, 0.3) is 5.56 Å². The van der Waals surface area contributed by atoms with E-state index in [9.17, 15) is 28.8 Å². The number of ketones is 1. The number of aliphatic hydroxyl groups excluding tert-OH is 1. The Morgan fingerprint density at radius 2 is 1.87 bits per heavy atom. The Hall–Kier alpha value is -3.09. The molecule has 14 heteroatoms. The molecule has 1 unspecified atom stereocenters. The number of aromatic nitrogens is 2. The molecule has 13 nitrogen and oxygen atoms in total. The van der Waals surface area contributed by atoms with Crippen molar-refractivity contribution < 1.29 is 37.8 Å². The lowest BCUT2D eigenvalue weighted by atomic mass is 10.1. The number of benzene rings is 1. The van der Waals surface area contributed by atoms with Crippen LogP contribution in [0.3, 0.4) is 0 Å². The van der Waals surface area contributed by atoms with Crippen molar-refractivity contribution >= 4 is 19.5 Å². The molecule has 1 saturated heterocycles. The number of hydrogen-bond acceptors (Lipinski definition) is 10. The molecule has 2 aromatic rings. The molecule has 0 saturated carbocycles. The topological polar surface area (TPSA) is 175 Å². The Balaban J connectivity index is 1.71. The third-order valence-electron chi connectivity index (χ3n) is 5.71. The molecule has 38 heavy (non-hydrogen) atoms. The largest absolute Gasteiger partial charge is 0.459 e. The second kappa shape index (κ2) is 12.6. The summed E-state index contributed by atoms with van der Waals surface area (Å²) in [6.07, 6.45) is -2.78. The lowest BCUT2D eigenvalue weighted by molar-refractivity contribution is -0.156. The maximum absolute atomic E-state index is 13.7. The summed E-state index contributed by atoms with van der Waals surface area (Å²) in [4.78, 5) is 50.2. The van der Waals surface area contributed by atoms with Crippen molar-refractivity contribution in [3.63, 3.8) is 0 Å². The summed E-state index contributed by atoms with van der Waals surface area (Å²) in [6.45, 7) is 5.76. The average molecular weight is 554 g/mol. The molecule has 208 valence electrons. The van der Waals surface area contributed by atoms with Crippen molar-refractivity contribution in [2.24, 2.45) is 5.92 Å². The van der Waals surface area contributed by atoms with Crippen LogP contribution in [0.15, 0.2) is 52.2 Å². The third kappa shape index (κ3) is 7.71. The van der Waals surface area contributed by atoms with E-state index in [1.54, 1.807) is 32.0 Å². The highest BCUT2D eigenvalue weighted by Gasteiger charge is 2.39. The van der Waals surface area contributed by atoms with Crippen molar-refractivity contribution in [2.75, 3.05) is 6.61 Å². The van der Waals surface area contributed by atoms with E-state index in [4.69, 9.17) is 18.5 Å². The number of carbonyl (C=O) groups is 2. The summed E-state index contributed by atoms with van der Waals surface area (Å²) in [5, 5.41) is 13.0. The molecule has 3 rings (SSSR count). The normalized spacial score (nSPS) is 22.4. The number of hydrogen-bond donors (Lipinski definition) is 3. The number of rotatable bonds is 12. The Labute approximate surface area is 218 Å². The first kappa shape index (κ1) is 29.5. The van der Waals surface area contributed by atoms with Crippen LogP contribution in [-0.2, 0) is 28.2 Å². The first-order valence-electron chi connectivity index (χ1n) is 12.0. The fourth-order valence-corrected chi connectivity index (χ4v) is 5.17. The van der Waals surface area contributed by atoms with Crippen LogP contribution in [0.25, 0.3) is 0 Å². The Bertz CT molecular complexity index is 1280. The number of nitrogens with zero attached hydrogens (tertiary/aromatic N) is 1. The zero-order valence-electron chi connectivity index (χ0n) is 21.4. The van der Waals surface area contributed by atoms with Crippen molar-refractivity contribution in [3.05, 3.63) is 63.4 Å². The summed E-state index contributed by atoms with van der Waals surface area (Å²) >= 11 is 0. The van der Waals surface area contributed by atoms with Gasteiger partial charge in [0, 0.05) is 24.6 Å². The van der Waals surface area contributed by atoms with Crippen LogP contribution in [0.4, 0.5) is 0 Å². The number of nitrogens with one attached hydrogen (secondary N) is 2. The number of esters is 1. The molecule has 0 radical (unpaired) electrons. The quantitative estimate of drug-likeness (QED) is 0.257. The molecule has 1 aliphatic heterocycles. The summed E-state index contributed by atoms with van der Waals surface area (Å²) in [5.74, 6) is -1.28. The number of H-pyrrole nitrogens is 1. The third-order valence-corrected chi connectivity index (χ3v) is 7.35. The number of aliphatic hydroxyl groups is 1. The number of aromatic amines is 1. The molecule has 2 heterocycles. The van der Waals surface area contributed by atoms with Crippen molar-refractivity contribution in [1.29, 1.82) is 0 Å². The van der Waals surface area contributed by atoms with Crippen LogP contribution < -0.4 is 20.9 Å². The molecular weight excluding hydrogens is 521 g/mol. The van der Waals surface area contributed by atoms with E-state index in [0.717, 1.165) is 10.6 Å². The van der Waals surface area contributed by atoms with E-state index < -0.39 is 62.2 Å². The van der Waals surface area contributed by atoms with Gasteiger partial charge in [-0.3, -0.25) is 28.5 Å². The highest BCUT2D eigenvalue weighted by Crippen LogP contribution is 2.46. The smallest absolute Gasteiger partial charge is 0.453 e. The zero-order valence-corrected chi connectivity index (χ0v) is 22.3. The highest BCUT2D eigenvalue weighted by atomic mass is 31.2. The maximum Gasteiger partial charge on any atom is 0.459 e. The van der Waals surface area contributed by atoms with Gasteiger partial charge >= 0.3 is 19.4 Å². The number of ether oxygens (including phenoxy) is 2. The van der Waals surface area contributed by atoms with E-state index in [0.29, 0.717) is 0 Å². The van der Waals surface area contributed by atoms with Crippen molar-refractivity contribution in [2.45, 2.75) is 64.7 Å². The molecule has 1 aromatic heterocycles. The minimum absolute atomic E-state index is 0.00173. The van der Waals surface area contributed by atoms with Crippen molar-refractivity contribution in [1.82, 2.24) is 14.6 Å². The lowest BCUT2D eigenvalue weighted by Gasteiger charge is -2.25. The Morgan fingerprint density at radius 3 is 2.50 bits per heavy atom. The van der Waals surface area contributed by atoms with Crippen LogP contribution in [0.1, 0.15) is 40.3 Å². The van der Waals surface area contributed by atoms with Gasteiger partial charge in [0.15, 0.2) is 11.9 Å². The van der Waals surface area contributed by atoms with E-state index >= 15 is 0 Å². The van der Waals surface area contributed by atoms with Gasteiger partial charge in [-0.25, -0.2) is 9.36 Å². The Morgan fingerprint density at radius 1 is 1.18 bits per heavy atom. The molecule has 0 amide bonds. The predicted molar refractivity (Wildman–Crippen MR) is 134 cm³/mol. The standard InChI is InChI=1S/C24H32N3O10P/c1-14(2)22(30)16(4)35-23(31)15(3)26-38(33,37-17-8-6-5-7-9-17)34-13-19-18(28)12-21(36-19)27-11-10-20(29)25-24(27)32/h5-11,14-16,18-19,21,28H,12-13H2,1-4H3,(H,26,33)(H,25,29,32)/t15-,16-,18-,19+,21+,38?/m0/s1. The van der Waals surface area contributed by atoms with Gasteiger partial charge in [0.05, 0.1) is 12.7 Å². The van der Waals surface area contributed by atoms with Crippen LogP contribution >= 0.6 is 7.75 Å². The molecule has 1 aromatic carbocycles. The number of para-hydroxylation sites is 1. The van der Waals surface area contributed by atoms with Crippen molar-refractivity contribution in [3.8, 4) is 5.75 Å². The summed E-state index contributed by atoms with van der Waals surface area (Å²) < 4.78 is 36.8. The van der Waals surface area contributed by atoms with Crippen LogP contribution in [0.2, 0.25) is 0 Å². The monoisotopic (exact) mass is 553 g/mol. The fourth-order valence-electron chi connectivity index (χ4n) is 3.67. The minimum Gasteiger partial charge on any atom is -0.453 e. The number of carbonyl (C=O) groups excluding carboxylic acids is 2. The highest BCUT2D eigenvalue weighted by molar-refractivity contribution is 7.52. The number of Topliss-reactive ketones (excluding diaryl/α,β-unsaturated/α-hetero) is 1. The molecule has 3 N–H and O–H groups in total.